The first-order chi connectivity index (χ1) is 10.2. The van der Waals surface area contributed by atoms with Crippen LogP contribution in [0.3, 0.4) is 0 Å². The van der Waals surface area contributed by atoms with Crippen LogP contribution in [0.5, 0.6) is 0 Å². The summed E-state index contributed by atoms with van der Waals surface area (Å²) in [5.74, 6) is 2.23. The number of hydrogen-bond donors (Lipinski definition) is 2. The van der Waals surface area contributed by atoms with E-state index in [2.05, 4.69) is 65.6 Å². The fourth-order valence-electron chi connectivity index (χ4n) is 2.25. The summed E-state index contributed by atoms with van der Waals surface area (Å²) in [5, 5.41) is 6.83. The molecule has 0 saturated carbocycles. The van der Waals surface area contributed by atoms with Crippen LogP contribution < -0.4 is 10.6 Å². The van der Waals surface area contributed by atoms with Crippen molar-refractivity contribution in [3.63, 3.8) is 0 Å². The van der Waals surface area contributed by atoms with Crippen molar-refractivity contribution in [2.45, 2.75) is 39.7 Å². The molecule has 4 nitrogen and oxygen atoms in total. The fourth-order valence-corrected chi connectivity index (χ4v) is 2.25. The SMILES string of the molecule is CCCNc1ncnc(NCc2ccccc2)c1C(C)C. The van der Waals surface area contributed by atoms with E-state index in [1.54, 1.807) is 6.33 Å². The summed E-state index contributed by atoms with van der Waals surface area (Å²) in [6.45, 7) is 8.19. The second-order valence-corrected chi connectivity index (χ2v) is 5.41. The Morgan fingerprint density at radius 1 is 1.00 bits per heavy atom. The Morgan fingerprint density at radius 3 is 2.29 bits per heavy atom. The summed E-state index contributed by atoms with van der Waals surface area (Å²) in [5.41, 5.74) is 2.40. The molecule has 0 spiro atoms. The third-order valence-corrected chi connectivity index (χ3v) is 3.31. The summed E-state index contributed by atoms with van der Waals surface area (Å²) >= 11 is 0. The maximum atomic E-state index is 4.42. The highest BCUT2D eigenvalue weighted by molar-refractivity contribution is 5.59. The zero-order valence-electron chi connectivity index (χ0n) is 13.1. The van der Waals surface area contributed by atoms with E-state index in [0.717, 1.165) is 36.7 Å². The van der Waals surface area contributed by atoms with E-state index in [9.17, 15) is 0 Å². The Morgan fingerprint density at radius 2 is 1.67 bits per heavy atom. The minimum Gasteiger partial charge on any atom is -0.370 e. The predicted octanol–water partition coefficient (Wildman–Crippen LogP) is 4.03. The molecule has 1 aromatic carbocycles. The maximum Gasteiger partial charge on any atom is 0.135 e. The van der Waals surface area contributed by atoms with Crippen LogP contribution in [0.4, 0.5) is 11.6 Å². The zero-order chi connectivity index (χ0) is 15.1. The van der Waals surface area contributed by atoms with Gasteiger partial charge in [0.2, 0.25) is 0 Å². The van der Waals surface area contributed by atoms with Gasteiger partial charge in [0.15, 0.2) is 0 Å². The molecule has 2 rings (SSSR count). The summed E-state index contributed by atoms with van der Waals surface area (Å²) < 4.78 is 0. The van der Waals surface area contributed by atoms with Crippen molar-refractivity contribution in [2.24, 2.45) is 0 Å². The number of hydrogen-bond acceptors (Lipinski definition) is 4. The quantitative estimate of drug-likeness (QED) is 0.806. The lowest BCUT2D eigenvalue weighted by Gasteiger charge is -2.17. The van der Waals surface area contributed by atoms with Crippen molar-refractivity contribution >= 4 is 11.6 Å². The van der Waals surface area contributed by atoms with Gasteiger partial charge in [0, 0.05) is 18.7 Å². The molecular formula is C17H24N4. The Kier molecular flexibility index (Phi) is 5.55. The van der Waals surface area contributed by atoms with Gasteiger partial charge >= 0.3 is 0 Å². The third-order valence-electron chi connectivity index (χ3n) is 3.31. The summed E-state index contributed by atoms with van der Waals surface area (Å²) in [4.78, 5) is 8.81. The lowest BCUT2D eigenvalue weighted by atomic mass is 10.0. The minimum absolute atomic E-state index is 0.365. The average Bonchev–Trinajstić information content (AvgIpc) is 2.51. The number of aromatic nitrogens is 2. The molecule has 4 heteroatoms. The van der Waals surface area contributed by atoms with E-state index in [-0.39, 0.29) is 0 Å². The molecule has 0 aliphatic heterocycles. The van der Waals surface area contributed by atoms with Crippen LogP contribution in [0.1, 0.15) is 44.2 Å². The van der Waals surface area contributed by atoms with Crippen LogP contribution in [0.2, 0.25) is 0 Å². The summed E-state index contributed by atoms with van der Waals surface area (Å²) in [7, 11) is 0. The van der Waals surface area contributed by atoms with Crippen LogP contribution in [0.15, 0.2) is 36.7 Å². The van der Waals surface area contributed by atoms with Gasteiger partial charge in [-0.25, -0.2) is 9.97 Å². The Labute approximate surface area is 127 Å². The number of benzene rings is 1. The molecule has 0 bridgehead atoms. The van der Waals surface area contributed by atoms with Gasteiger partial charge in [0.05, 0.1) is 0 Å². The van der Waals surface area contributed by atoms with E-state index < -0.39 is 0 Å². The number of anilines is 2. The van der Waals surface area contributed by atoms with E-state index in [4.69, 9.17) is 0 Å². The molecule has 1 heterocycles. The van der Waals surface area contributed by atoms with Gasteiger partial charge in [-0.2, -0.15) is 0 Å². The van der Waals surface area contributed by atoms with Gasteiger partial charge in [0.1, 0.15) is 18.0 Å². The molecule has 0 fully saturated rings. The first kappa shape index (κ1) is 15.3. The smallest absolute Gasteiger partial charge is 0.135 e. The highest BCUT2D eigenvalue weighted by Crippen LogP contribution is 2.28. The van der Waals surface area contributed by atoms with Gasteiger partial charge in [-0.1, -0.05) is 51.1 Å². The van der Waals surface area contributed by atoms with Crippen LogP contribution in [0, 0.1) is 0 Å². The molecule has 0 amide bonds. The number of nitrogens with zero attached hydrogens (tertiary/aromatic N) is 2. The molecule has 0 radical (unpaired) electrons. The van der Waals surface area contributed by atoms with Crippen molar-refractivity contribution in [1.29, 1.82) is 0 Å². The van der Waals surface area contributed by atoms with Crippen molar-refractivity contribution < 1.29 is 0 Å². The molecule has 2 aromatic rings. The Balaban J connectivity index is 2.17. The van der Waals surface area contributed by atoms with Crippen LogP contribution in [0.25, 0.3) is 0 Å². The first-order valence-electron chi connectivity index (χ1n) is 7.59. The van der Waals surface area contributed by atoms with E-state index in [1.165, 1.54) is 5.56 Å². The first-order valence-corrected chi connectivity index (χ1v) is 7.59. The fraction of sp³-hybridized carbons (Fsp3) is 0.412. The molecule has 1 aromatic heterocycles. The highest BCUT2D eigenvalue weighted by Gasteiger charge is 2.14. The van der Waals surface area contributed by atoms with E-state index in [1.807, 2.05) is 6.07 Å². The molecule has 0 atom stereocenters. The standard InChI is InChI=1S/C17H24N4/c1-4-10-18-16-15(13(2)3)17(21-12-20-16)19-11-14-8-6-5-7-9-14/h5-9,12-13H,4,10-11H2,1-3H3,(H2,18,19,20,21). The lowest BCUT2D eigenvalue weighted by Crippen LogP contribution is -2.11. The van der Waals surface area contributed by atoms with Gasteiger partial charge in [-0.15, -0.1) is 0 Å². The number of nitrogens with one attached hydrogen (secondary N) is 2. The Bertz CT molecular complexity index is 552. The zero-order valence-corrected chi connectivity index (χ0v) is 13.1. The van der Waals surface area contributed by atoms with E-state index in [0.29, 0.717) is 5.92 Å². The predicted molar refractivity (Wildman–Crippen MR) is 88.7 cm³/mol. The molecule has 2 N–H and O–H groups in total. The van der Waals surface area contributed by atoms with Crippen molar-refractivity contribution in [2.75, 3.05) is 17.2 Å². The summed E-state index contributed by atoms with van der Waals surface area (Å²) in [6.07, 6.45) is 2.70. The Hall–Kier alpha value is -2.10. The van der Waals surface area contributed by atoms with Crippen LogP contribution >= 0.6 is 0 Å². The maximum absolute atomic E-state index is 4.42. The highest BCUT2D eigenvalue weighted by atomic mass is 15.1. The molecule has 0 aliphatic rings. The van der Waals surface area contributed by atoms with Crippen molar-refractivity contribution in [3.8, 4) is 0 Å². The second kappa shape index (κ2) is 7.62. The monoisotopic (exact) mass is 284 g/mol. The van der Waals surface area contributed by atoms with Gasteiger partial charge < -0.3 is 10.6 Å². The van der Waals surface area contributed by atoms with Crippen molar-refractivity contribution in [1.82, 2.24) is 9.97 Å². The molecule has 0 aliphatic carbocycles. The van der Waals surface area contributed by atoms with Gasteiger partial charge in [-0.05, 0) is 17.9 Å². The number of rotatable bonds is 7. The average molecular weight is 284 g/mol. The lowest BCUT2D eigenvalue weighted by molar-refractivity contribution is 0.839. The van der Waals surface area contributed by atoms with Crippen LogP contribution in [-0.4, -0.2) is 16.5 Å². The second-order valence-electron chi connectivity index (χ2n) is 5.41. The van der Waals surface area contributed by atoms with Gasteiger partial charge in [-0.3, -0.25) is 0 Å². The van der Waals surface area contributed by atoms with Gasteiger partial charge in [0.25, 0.3) is 0 Å². The molecule has 21 heavy (non-hydrogen) atoms. The van der Waals surface area contributed by atoms with Crippen LogP contribution in [-0.2, 0) is 6.54 Å². The normalized spacial score (nSPS) is 10.7. The molecule has 0 saturated heterocycles. The third kappa shape index (κ3) is 4.18. The molecule has 0 unspecified atom stereocenters. The minimum atomic E-state index is 0.365. The largest absolute Gasteiger partial charge is 0.370 e. The summed E-state index contributed by atoms with van der Waals surface area (Å²) in [6, 6.07) is 10.3. The molecular weight excluding hydrogens is 260 g/mol. The molecule has 112 valence electrons. The van der Waals surface area contributed by atoms with E-state index >= 15 is 0 Å². The topological polar surface area (TPSA) is 49.8 Å². The van der Waals surface area contributed by atoms with Crippen molar-refractivity contribution in [3.05, 3.63) is 47.8 Å².